The summed E-state index contributed by atoms with van der Waals surface area (Å²) in [6, 6.07) is 37.4. The summed E-state index contributed by atoms with van der Waals surface area (Å²) in [4.78, 5) is 4.92. The first-order chi connectivity index (χ1) is 16.7. The number of hydrogen-bond acceptors (Lipinski definition) is 2. The van der Waals surface area contributed by atoms with Crippen molar-refractivity contribution in [3.63, 3.8) is 0 Å². The predicted molar refractivity (Wildman–Crippen MR) is 143 cm³/mol. The Bertz CT molecular complexity index is 1460. The maximum Gasteiger partial charge on any atom is 0.145 e. The standard InChI is InChI=1S/C31H27N3/c1-23(16-17-24-10-4-2-5-11-24)22-28(32)25-18-20-27(21-19-25)34-30-15-9-8-14-29(30)33-31(34)26-12-6-3-7-13-26/h2-16,18-22H,17,32H2,1H3/b23-16-,28-22-. The molecule has 0 amide bonds. The molecule has 166 valence electrons. The Kier molecular flexibility index (Phi) is 6.09. The smallest absolute Gasteiger partial charge is 0.145 e. The summed E-state index contributed by atoms with van der Waals surface area (Å²) in [6.07, 6.45) is 5.14. The zero-order chi connectivity index (χ0) is 23.3. The number of benzene rings is 4. The molecule has 0 saturated carbocycles. The highest BCUT2D eigenvalue weighted by molar-refractivity contribution is 5.83. The van der Waals surface area contributed by atoms with E-state index in [1.54, 1.807) is 0 Å². The number of nitrogens with zero attached hydrogens (tertiary/aromatic N) is 2. The molecule has 0 spiro atoms. The summed E-state index contributed by atoms with van der Waals surface area (Å²) < 4.78 is 2.21. The first kappa shape index (κ1) is 21.5. The zero-order valence-electron chi connectivity index (χ0n) is 19.2. The molecule has 0 fully saturated rings. The van der Waals surface area contributed by atoms with Gasteiger partial charge in [-0.05, 0) is 54.8 Å². The fraction of sp³-hybridized carbons (Fsp3) is 0.0645. The number of nitrogens with two attached hydrogens (primary N) is 1. The summed E-state index contributed by atoms with van der Waals surface area (Å²) in [7, 11) is 0. The van der Waals surface area contributed by atoms with Crippen LogP contribution in [0.5, 0.6) is 0 Å². The monoisotopic (exact) mass is 441 g/mol. The van der Waals surface area contributed by atoms with Gasteiger partial charge in [0.2, 0.25) is 0 Å². The second kappa shape index (κ2) is 9.63. The Morgan fingerprint density at radius 1 is 0.794 bits per heavy atom. The van der Waals surface area contributed by atoms with Gasteiger partial charge in [0.15, 0.2) is 0 Å². The average molecular weight is 442 g/mol. The van der Waals surface area contributed by atoms with Crippen molar-refractivity contribution in [1.29, 1.82) is 0 Å². The molecule has 0 aliphatic heterocycles. The van der Waals surface area contributed by atoms with Crippen LogP contribution in [0.25, 0.3) is 33.8 Å². The summed E-state index contributed by atoms with van der Waals surface area (Å²) in [5.74, 6) is 0.928. The molecule has 1 heterocycles. The SMILES string of the molecule is CC(=C/Cc1ccccc1)/C=C(\N)c1ccc(-n2c(-c3ccccc3)nc3ccccc32)cc1. The van der Waals surface area contributed by atoms with Crippen LogP contribution in [0.4, 0.5) is 0 Å². The molecular weight excluding hydrogens is 414 g/mol. The minimum Gasteiger partial charge on any atom is -0.398 e. The van der Waals surface area contributed by atoms with Crippen molar-refractivity contribution in [2.24, 2.45) is 5.73 Å². The van der Waals surface area contributed by atoms with E-state index in [1.165, 1.54) is 5.56 Å². The van der Waals surface area contributed by atoms with Crippen LogP contribution in [0.2, 0.25) is 0 Å². The van der Waals surface area contributed by atoms with Crippen molar-refractivity contribution in [3.05, 3.63) is 138 Å². The second-order valence-corrected chi connectivity index (χ2v) is 8.41. The topological polar surface area (TPSA) is 43.8 Å². The first-order valence-corrected chi connectivity index (χ1v) is 11.5. The number of hydrogen-bond donors (Lipinski definition) is 1. The van der Waals surface area contributed by atoms with E-state index in [4.69, 9.17) is 10.7 Å². The van der Waals surface area contributed by atoms with Crippen molar-refractivity contribution < 1.29 is 0 Å². The quantitative estimate of drug-likeness (QED) is 0.284. The Labute approximate surface area is 200 Å². The normalized spacial score (nSPS) is 12.3. The molecule has 34 heavy (non-hydrogen) atoms. The molecule has 2 N–H and O–H groups in total. The maximum atomic E-state index is 6.45. The lowest BCUT2D eigenvalue weighted by Gasteiger charge is -2.11. The van der Waals surface area contributed by atoms with Crippen LogP contribution in [0.3, 0.4) is 0 Å². The van der Waals surface area contributed by atoms with E-state index in [1.807, 2.05) is 36.4 Å². The molecule has 0 unspecified atom stereocenters. The van der Waals surface area contributed by atoms with Crippen molar-refractivity contribution in [2.45, 2.75) is 13.3 Å². The lowest BCUT2D eigenvalue weighted by Crippen LogP contribution is -2.00. The summed E-state index contributed by atoms with van der Waals surface area (Å²) in [5.41, 5.74) is 14.8. The number of allylic oxidation sites excluding steroid dienone is 3. The van der Waals surface area contributed by atoms with Crippen LogP contribution >= 0.6 is 0 Å². The zero-order valence-corrected chi connectivity index (χ0v) is 19.2. The Morgan fingerprint density at radius 3 is 2.18 bits per heavy atom. The third kappa shape index (κ3) is 4.55. The molecule has 1 aromatic heterocycles. The van der Waals surface area contributed by atoms with Gasteiger partial charge in [0.05, 0.1) is 11.0 Å². The Hall–Kier alpha value is -4.37. The van der Waals surface area contributed by atoms with Gasteiger partial charge in [0.25, 0.3) is 0 Å². The van der Waals surface area contributed by atoms with Gasteiger partial charge in [0.1, 0.15) is 5.82 Å². The average Bonchev–Trinajstić information content (AvgIpc) is 3.28. The van der Waals surface area contributed by atoms with Gasteiger partial charge in [-0.25, -0.2) is 4.98 Å². The van der Waals surface area contributed by atoms with Crippen LogP contribution < -0.4 is 5.73 Å². The molecule has 5 aromatic rings. The minimum absolute atomic E-state index is 0.757. The fourth-order valence-electron chi connectivity index (χ4n) is 4.15. The maximum absolute atomic E-state index is 6.45. The molecular formula is C31H27N3. The van der Waals surface area contributed by atoms with E-state index in [0.717, 1.165) is 51.4 Å². The number of fused-ring (bicyclic) bond motifs is 1. The van der Waals surface area contributed by atoms with Crippen LogP contribution in [0.1, 0.15) is 18.1 Å². The minimum atomic E-state index is 0.757. The first-order valence-electron chi connectivity index (χ1n) is 11.5. The molecule has 0 saturated heterocycles. The van der Waals surface area contributed by atoms with Gasteiger partial charge in [-0.1, -0.05) is 96.6 Å². The Morgan fingerprint density at radius 2 is 1.44 bits per heavy atom. The van der Waals surface area contributed by atoms with Crippen LogP contribution in [-0.2, 0) is 6.42 Å². The van der Waals surface area contributed by atoms with E-state index in [9.17, 15) is 0 Å². The van der Waals surface area contributed by atoms with E-state index < -0.39 is 0 Å². The van der Waals surface area contributed by atoms with Gasteiger partial charge in [0, 0.05) is 16.9 Å². The van der Waals surface area contributed by atoms with Gasteiger partial charge < -0.3 is 5.73 Å². The van der Waals surface area contributed by atoms with Gasteiger partial charge >= 0.3 is 0 Å². The Balaban J connectivity index is 1.45. The predicted octanol–water partition coefficient (Wildman–Crippen LogP) is 7.18. The van der Waals surface area contributed by atoms with E-state index in [-0.39, 0.29) is 0 Å². The highest BCUT2D eigenvalue weighted by atomic mass is 15.1. The van der Waals surface area contributed by atoms with Crippen molar-refractivity contribution in [3.8, 4) is 17.1 Å². The molecule has 3 heteroatoms. The molecule has 4 aromatic carbocycles. The number of aromatic nitrogens is 2. The van der Waals surface area contributed by atoms with Crippen molar-refractivity contribution in [1.82, 2.24) is 9.55 Å². The van der Waals surface area contributed by atoms with Gasteiger partial charge in [-0.15, -0.1) is 0 Å². The lowest BCUT2D eigenvalue weighted by molar-refractivity contribution is 1.10. The third-order valence-electron chi connectivity index (χ3n) is 5.94. The second-order valence-electron chi connectivity index (χ2n) is 8.41. The largest absolute Gasteiger partial charge is 0.398 e. The summed E-state index contributed by atoms with van der Waals surface area (Å²) >= 11 is 0. The molecule has 5 rings (SSSR count). The lowest BCUT2D eigenvalue weighted by atomic mass is 10.1. The van der Waals surface area contributed by atoms with Crippen molar-refractivity contribution in [2.75, 3.05) is 0 Å². The third-order valence-corrected chi connectivity index (χ3v) is 5.94. The van der Waals surface area contributed by atoms with Crippen LogP contribution in [-0.4, -0.2) is 9.55 Å². The fourth-order valence-corrected chi connectivity index (χ4v) is 4.15. The van der Waals surface area contributed by atoms with Crippen LogP contribution in [0.15, 0.2) is 127 Å². The molecule has 0 aliphatic carbocycles. The molecule has 0 aliphatic rings. The summed E-state index contributed by atoms with van der Waals surface area (Å²) in [6.45, 7) is 2.09. The van der Waals surface area contributed by atoms with Crippen molar-refractivity contribution >= 4 is 16.7 Å². The highest BCUT2D eigenvalue weighted by Gasteiger charge is 2.14. The molecule has 0 atom stereocenters. The summed E-state index contributed by atoms with van der Waals surface area (Å²) in [5, 5.41) is 0. The molecule has 0 bridgehead atoms. The number of para-hydroxylation sites is 2. The van der Waals surface area contributed by atoms with Crippen LogP contribution in [0, 0.1) is 0 Å². The number of imidazole rings is 1. The van der Waals surface area contributed by atoms with Gasteiger partial charge in [-0.3, -0.25) is 4.57 Å². The number of rotatable bonds is 6. The highest BCUT2D eigenvalue weighted by Crippen LogP contribution is 2.29. The molecule has 3 nitrogen and oxygen atoms in total. The van der Waals surface area contributed by atoms with E-state index in [0.29, 0.717) is 0 Å². The van der Waals surface area contributed by atoms with E-state index >= 15 is 0 Å². The van der Waals surface area contributed by atoms with Gasteiger partial charge in [-0.2, -0.15) is 0 Å². The van der Waals surface area contributed by atoms with E-state index in [2.05, 4.69) is 96.4 Å². The molecule has 0 radical (unpaired) electrons.